The van der Waals surface area contributed by atoms with E-state index in [1.54, 1.807) is 68.6 Å². The molecule has 5 rings (SSSR count). The molecular weight excluding hydrogens is 482 g/mol. The van der Waals surface area contributed by atoms with Crippen LogP contribution in [0, 0.1) is 0 Å². The maximum atomic E-state index is 13.5. The van der Waals surface area contributed by atoms with E-state index >= 15 is 0 Å². The first kappa shape index (κ1) is 24.8. The van der Waals surface area contributed by atoms with E-state index in [4.69, 9.17) is 9.47 Å². The summed E-state index contributed by atoms with van der Waals surface area (Å²) in [6, 6.07) is 25.3. The SMILES string of the molecule is CCOC(=O)c1cccc(N2C(=O)C(=O)/C(=C(\O)c3cccc4ccccc34)C2c2ccc(OC)cc2)c1. The van der Waals surface area contributed by atoms with Crippen LogP contribution in [-0.2, 0) is 14.3 Å². The Morgan fingerprint density at radius 2 is 1.63 bits per heavy atom. The Morgan fingerprint density at radius 3 is 2.37 bits per heavy atom. The van der Waals surface area contributed by atoms with E-state index < -0.39 is 23.7 Å². The van der Waals surface area contributed by atoms with Crippen molar-refractivity contribution in [2.75, 3.05) is 18.6 Å². The third-order valence-corrected chi connectivity index (χ3v) is 6.56. The fourth-order valence-corrected chi connectivity index (χ4v) is 4.77. The Hall–Kier alpha value is -4.91. The van der Waals surface area contributed by atoms with Crippen LogP contribution < -0.4 is 9.64 Å². The quantitative estimate of drug-likeness (QED) is 0.157. The second-order valence-electron chi connectivity index (χ2n) is 8.74. The lowest BCUT2D eigenvalue weighted by atomic mass is 9.93. The summed E-state index contributed by atoms with van der Waals surface area (Å²) in [5, 5.41) is 13.2. The fraction of sp³-hybridized carbons (Fsp3) is 0.129. The summed E-state index contributed by atoms with van der Waals surface area (Å²) in [4.78, 5) is 40.8. The fourth-order valence-electron chi connectivity index (χ4n) is 4.77. The van der Waals surface area contributed by atoms with Gasteiger partial charge in [-0.25, -0.2) is 4.79 Å². The van der Waals surface area contributed by atoms with Crippen molar-refractivity contribution in [3.63, 3.8) is 0 Å². The number of rotatable bonds is 6. The number of aliphatic hydroxyl groups excluding tert-OH is 1. The highest BCUT2D eigenvalue weighted by molar-refractivity contribution is 6.51. The van der Waals surface area contributed by atoms with Gasteiger partial charge in [-0.15, -0.1) is 0 Å². The van der Waals surface area contributed by atoms with Crippen molar-refractivity contribution in [3.05, 3.63) is 113 Å². The van der Waals surface area contributed by atoms with Crippen LogP contribution in [0.1, 0.15) is 34.5 Å². The first-order valence-electron chi connectivity index (χ1n) is 12.1. The van der Waals surface area contributed by atoms with Gasteiger partial charge in [0, 0.05) is 11.3 Å². The van der Waals surface area contributed by atoms with Crippen molar-refractivity contribution in [3.8, 4) is 5.75 Å². The molecule has 1 N–H and O–H groups in total. The van der Waals surface area contributed by atoms with Crippen molar-refractivity contribution >= 4 is 39.9 Å². The molecule has 1 aliphatic rings. The van der Waals surface area contributed by atoms with Crippen molar-refractivity contribution in [2.24, 2.45) is 0 Å². The molecular formula is C31H25NO6. The van der Waals surface area contributed by atoms with Crippen LogP contribution in [0.15, 0.2) is 96.6 Å². The highest BCUT2D eigenvalue weighted by Gasteiger charge is 2.47. The third kappa shape index (κ3) is 4.28. The van der Waals surface area contributed by atoms with Gasteiger partial charge in [0.25, 0.3) is 11.7 Å². The van der Waals surface area contributed by atoms with E-state index in [0.717, 1.165) is 10.8 Å². The molecule has 1 heterocycles. The zero-order chi connectivity index (χ0) is 26.8. The molecule has 38 heavy (non-hydrogen) atoms. The molecule has 1 fully saturated rings. The largest absolute Gasteiger partial charge is 0.507 e. The Labute approximate surface area is 219 Å². The van der Waals surface area contributed by atoms with Gasteiger partial charge >= 0.3 is 5.97 Å². The highest BCUT2D eigenvalue weighted by Crippen LogP contribution is 2.43. The molecule has 0 aliphatic carbocycles. The van der Waals surface area contributed by atoms with E-state index in [-0.39, 0.29) is 23.5 Å². The number of methoxy groups -OCH3 is 1. The summed E-state index contributed by atoms with van der Waals surface area (Å²) in [6.07, 6.45) is 0. The van der Waals surface area contributed by atoms with Crippen LogP contribution in [0.3, 0.4) is 0 Å². The number of benzene rings is 4. The molecule has 0 radical (unpaired) electrons. The van der Waals surface area contributed by atoms with E-state index in [0.29, 0.717) is 22.6 Å². The number of fused-ring (bicyclic) bond motifs is 1. The molecule has 1 atom stereocenters. The number of ketones is 1. The van der Waals surface area contributed by atoms with Crippen molar-refractivity contribution in [2.45, 2.75) is 13.0 Å². The average molecular weight is 508 g/mol. The molecule has 0 aromatic heterocycles. The third-order valence-electron chi connectivity index (χ3n) is 6.56. The van der Waals surface area contributed by atoms with Crippen LogP contribution in [0.4, 0.5) is 5.69 Å². The van der Waals surface area contributed by atoms with E-state index in [9.17, 15) is 19.5 Å². The maximum absolute atomic E-state index is 13.5. The summed E-state index contributed by atoms with van der Waals surface area (Å²) in [6.45, 7) is 1.90. The minimum absolute atomic E-state index is 0.0435. The average Bonchev–Trinajstić information content (AvgIpc) is 3.22. The molecule has 190 valence electrons. The molecule has 1 saturated heterocycles. The summed E-state index contributed by atoms with van der Waals surface area (Å²) in [5.41, 5.74) is 1.57. The molecule has 1 aliphatic heterocycles. The molecule has 1 amide bonds. The molecule has 4 aromatic rings. The Morgan fingerprint density at radius 1 is 0.921 bits per heavy atom. The van der Waals surface area contributed by atoms with Crippen LogP contribution in [-0.4, -0.2) is 36.5 Å². The normalized spacial score (nSPS) is 16.6. The van der Waals surface area contributed by atoms with Crippen molar-refractivity contribution < 1.29 is 29.0 Å². The van der Waals surface area contributed by atoms with Gasteiger partial charge in [0.15, 0.2) is 0 Å². The number of Topliss-reactive ketones (excluding diaryl/α,β-unsaturated/α-hetero) is 1. The number of aliphatic hydroxyl groups is 1. The Bertz CT molecular complexity index is 1580. The zero-order valence-corrected chi connectivity index (χ0v) is 20.9. The Balaban J connectivity index is 1.73. The molecule has 0 spiro atoms. The Kier molecular flexibility index (Phi) is 6.66. The van der Waals surface area contributed by atoms with Crippen molar-refractivity contribution in [1.29, 1.82) is 0 Å². The van der Waals surface area contributed by atoms with Gasteiger partial charge in [0.05, 0.1) is 30.9 Å². The minimum atomic E-state index is -0.947. The van der Waals surface area contributed by atoms with Crippen molar-refractivity contribution in [1.82, 2.24) is 0 Å². The van der Waals surface area contributed by atoms with Gasteiger partial charge in [0.1, 0.15) is 11.5 Å². The summed E-state index contributed by atoms with van der Waals surface area (Å²) < 4.78 is 10.4. The molecule has 0 saturated carbocycles. The minimum Gasteiger partial charge on any atom is -0.507 e. The number of nitrogens with zero attached hydrogens (tertiary/aromatic N) is 1. The van der Waals surface area contributed by atoms with Gasteiger partial charge in [-0.1, -0.05) is 60.7 Å². The van der Waals surface area contributed by atoms with Gasteiger partial charge < -0.3 is 14.6 Å². The molecule has 4 aromatic carbocycles. The van der Waals surface area contributed by atoms with Crippen LogP contribution >= 0.6 is 0 Å². The zero-order valence-electron chi connectivity index (χ0n) is 20.9. The number of ether oxygens (including phenoxy) is 2. The van der Waals surface area contributed by atoms with Crippen LogP contribution in [0.5, 0.6) is 5.75 Å². The second-order valence-corrected chi connectivity index (χ2v) is 8.74. The van der Waals surface area contributed by atoms with E-state index in [1.165, 1.54) is 11.0 Å². The number of hydrogen-bond acceptors (Lipinski definition) is 6. The molecule has 7 nitrogen and oxygen atoms in total. The van der Waals surface area contributed by atoms with Gasteiger partial charge in [-0.05, 0) is 53.6 Å². The number of esters is 1. The number of carbonyl (C=O) groups is 3. The standard InChI is InChI=1S/C31H25NO6/c1-3-38-31(36)21-10-6-11-22(18-21)32-27(20-14-16-23(37-2)17-15-20)26(29(34)30(32)35)28(33)25-13-7-9-19-8-4-5-12-24(19)25/h4-18,27,33H,3H2,1-2H3/b28-26-. The predicted molar refractivity (Wildman–Crippen MR) is 144 cm³/mol. The lowest BCUT2D eigenvalue weighted by Gasteiger charge is -2.26. The lowest BCUT2D eigenvalue weighted by Crippen LogP contribution is -2.29. The highest BCUT2D eigenvalue weighted by atomic mass is 16.5. The van der Waals surface area contributed by atoms with Gasteiger partial charge in [0.2, 0.25) is 0 Å². The summed E-state index contributed by atoms with van der Waals surface area (Å²) in [7, 11) is 1.54. The van der Waals surface area contributed by atoms with Crippen LogP contribution in [0.2, 0.25) is 0 Å². The number of amides is 1. The van der Waals surface area contributed by atoms with E-state index in [1.807, 2.05) is 30.3 Å². The van der Waals surface area contributed by atoms with Gasteiger partial charge in [-0.3, -0.25) is 14.5 Å². The topological polar surface area (TPSA) is 93.1 Å². The maximum Gasteiger partial charge on any atom is 0.338 e. The predicted octanol–water partition coefficient (Wildman–Crippen LogP) is 5.65. The number of carbonyl (C=O) groups excluding carboxylic acids is 3. The lowest BCUT2D eigenvalue weighted by molar-refractivity contribution is -0.132. The smallest absolute Gasteiger partial charge is 0.338 e. The first-order chi connectivity index (χ1) is 18.4. The summed E-state index contributed by atoms with van der Waals surface area (Å²) >= 11 is 0. The molecule has 0 bridgehead atoms. The molecule has 1 unspecified atom stereocenters. The molecule has 7 heteroatoms. The second kappa shape index (κ2) is 10.2. The van der Waals surface area contributed by atoms with E-state index in [2.05, 4.69) is 0 Å². The summed E-state index contributed by atoms with van der Waals surface area (Å²) in [5.74, 6) is -1.84. The monoisotopic (exact) mass is 507 g/mol. The number of anilines is 1. The number of hydrogen-bond donors (Lipinski definition) is 1. The van der Waals surface area contributed by atoms with Gasteiger partial charge in [-0.2, -0.15) is 0 Å². The van der Waals surface area contributed by atoms with Crippen LogP contribution in [0.25, 0.3) is 16.5 Å². The first-order valence-corrected chi connectivity index (χ1v) is 12.1.